The number of halogens is 3. The topological polar surface area (TPSA) is 60.5 Å². The van der Waals surface area contributed by atoms with Gasteiger partial charge < -0.3 is 14.8 Å². The minimum absolute atomic E-state index is 0.0716. The van der Waals surface area contributed by atoms with Crippen LogP contribution in [0.1, 0.15) is 42.0 Å². The van der Waals surface area contributed by atoms with Crippen molar-refractivity contribution in [3.8, 4) is 5.88 Å². The molecule has 1 atom stereocenters. The first kappa shape index (κ1) is 23.4. The molecule has 2 heterocycles. The number of hydrogen-bond acceptors (Lipinski definition) is 5. The van der Waals surface area contributed by atoms with Crippen LogP contribution in [-0.4, -0.2) is 17.6 Å². The van der Waals surface area contributed by atoms with Crippen LogP contribution < -0.4 is 10.1 Å². The summed E-state index contributed by atoms with van der Waals surface area (Å²) in [5, 5.41) is 3.12. The third-order valence-electron chi connectivity index (χ3n) is 5.55. The second-order valence-corrected chi connectivity index (χ2v) is 7.75. The first-order valence-electron chi connectivity index (χ1n) is 10.8. The van der Waals surface area contributed by atoms with Crippen molar-refractivity contribution in [3.05, 3.63) is 100 Å². The Bertz CT molecular complexity index is 1220. The van der Waals surface area contributed by atoms with Gasteiger partial charge in [-0.15, -0.1) is 0 Å². The zero-order valence-corrected chi connectivity index (χ0v) is 18.6. The Morgan fingerprint density at radius 3 is 2.47 bits per heavy atom. The molecule has 0 bridgehead atoms. The number of carbonyl (C=O) groups is 1. The number of pyridine rings is 1. The molecule has 0 saturated carbocycles. The van der Waals surface area contributed by atoms with Crippen molar-refractivity contribution in [2.24, 2.45) is 0 Å². The Balaban J connectivity index is 1.90. The molecule has 1 aliphatic rings. The van der Waals surface area contributed by atoms with E-state index in [0.717, 1.165) is 11.6 Å². The van der Waals surface area contributed by atoms with Crippen molar-refractivity contribution in [2.45, 2.75) is 32.5 Å². The van der Waals surface area contributed by atoms with Crippen molar-refractivity contribution >= 4 is 11.7 Å². The largest absolute Gasteiger partial charge is 0.473 e. The van der Waals surface area contributed by atoms with Crippen molar-refractivity contribution < 1.29 is 27.4 Å². The summed E-state index contributed by atoms with van der Waals surface area (Å²) < 4.78 is 53.3. The molecule has 1 unspecified atom stereocenters. The quantitative estimate of drug-likeness (QED) is 0.445. The van der Waals surface area contributed by atoms with Crippen molar-refractivity contribution in [3.63, 3.8) is 0 Å². The van der Waals surface area contributed by atoms with Gasteiger partial charge in [-0.1, -0.05) is 48.5 Å². The molecule has 0 amide bonds. The van der Waals surface area contributed by atoms with Crippen LogP contribution >= 0.6 is 0 Å². The van der Waals surface area contributed by atoms with E-state index >= 15 is 0 Å². The SMILES string of the molecule is CCOC(=O)C1=C(C)Nc2ccnc(OCc3ccccc3)c2C1c1ccccc1C(F)(F)F. The highest BCUT2D eigenvalue weighted by Crippen LogP contribution is 2.48. The number of allylic oxidation sites excluding steroid dienone is 1. The van der Waals surface area contributed by atoms with Gasteiger partial charge in [-0.2, -0.15) is 13.2 Å². The molecule has 1 N–H and O–H groups in total. The number of aromatic nitrogens is 1. The second kappa shape index (κ2) is 9.59. The standard InChI is InChI=1S/C26H23F3N2O3/c1-3-33-25(32)21-16(2)31-20-13-14-30-24(34-15-17-9-5-4-6-10-17)23(20)22(21)18-11-7-8-12-19(18)26(27,28)29/h4-14,22,31H,3,15H2,1-2H3. The maximum absolute atomic E-state index is 14.0. The number of nitrogens with zero attached hydrogens (tertiary/aromatic N) is 1. The number of benzene rings is 2. The van der Waals surface area contributed by atoms with Crippen molar-refractivity contribution in [2.75, 3.05) is 11.9 Å². The van der Waals surface area contributed by atoms with Crippen LogP contribution in [0.2, 0.25) is 0 Å². The first-order chi connectivity index (χ1) is 16.3. The average molecular weight is 468 g/mol. The minimum Gasteiger partial charge on any atom is -0.473 e. The molecule has 0 radical (unpaired) electrons. The molecule has 1 aromatic heterocycles. The van der Waals surface area contributed by atoms with Gasteiger partial charge in [0.25, 0.3) is 0 Å². The predicted octanol–water partition coefficient (Wildman–Crippen LogP) is 6.07. The Morgan fingerprint density at radius 2 is 1.76 bits per heavy atom. The van der Waals surface area contributed by atoms with Crippen LogP contribution in [-0.2, 0) is 22.3 Å². The predicted molar refractivity (Wildman–Crippen MR) is 121 cm³/mol. The van der Waals surface area contributed by atoms with Gasteiger partial charge in [0.2, 0.25) is 5.88 Å². The third kappa shape index (κ3) is 4.62. The van der Waals surface area contributed by atoms with Gasteiger partial charge in [0.15, 0.2) is 0 Å². The van der Waals surface area contributed by atoms with E-state index in [1.54, 1.807) is 19.9 Å². The Labute approximate surface area is 195 Å². The van der Waals surface area contributed by atoms with Gasteiger partial charge in [-0.3, -0.25) is 0 Å². The number of anilines is 1. The fraction of sp³-hybridized carbons (Fsp3) is 0.231. The molecule has 4 rings (SSSR count). The van der Waals surface area contributed by atoms with E-state index in [-0.39, 0.29) is 30.2 Å². The summed E-state index contributed by atoms with van der Waals surface area (Å²) in [5.41, 5.74) is 1.33. The zero-order valence-electron chi connectivity index (χ0n) is 18.6. The van der Waals surface area contributed by atoms with Crippen molar-refractivity contribution in [1.82, 2.24) is 4.98 Å². The fourth-order valence-electron chi connectivity index (χ4n) is 4.11. The van der Waals surface area contributed by atoms with Gasteiger partial charge in [0.1, 0.15) is 6.61 Å². The van der Waals surface area contributed by atoms with Gasteiger partial charge in [0, 0.05) is 23.1 Å². The molecular weight excluding hydrogens is 445 g/mol. The van der Waals surface area contributed by atoms with E-state index in [4.69, 9.17) is 9.47 Å². The summed E-state index contributed by atoms with van der Waals surface area (Å²) in [6.07, 6.45) is -3.11. The molecule has 8 heteroatoms. The second-order valence-electron chi connectivity index (χ2n) is 7.75. The normalized spacial score (nSPS) is 15.4. The maximum atomic E-state index is 14.0. The van der Waals surface area contributed by atoms with Gasteiger partial charge in [0.05, 0.1) is 23.7 Å². The maximum Gasteiger partial charge on any atom is 0.416 e. The van der Waals surface area contributed by atoms with E-state index in [0.29, 0.717) is 16.9 Å². The van der Waals surface area contributed by atoms with E-state index in [1.165, 1.54) is 24.4 Å². The van der Waals surface area contributed by atoms with Gasteiger partial charge in [-0.05, 0) is 37.1 Å². The number of alkyl halides is 3. The summed E-state index contributed by atoms with van der Waals surface area (Å²) in [6, 6.07) is 16.2. The van der Waals surface area contributed by atoms with Gasteiger partial charge in [-0.25, -0.2) is 9.78 Å². The van der Waals surface area contributed by atoms with E-state index in [9.17, 15) is 18.0 Å². The lowest BCUT2D eigenvalue weighted by Gasteiger charge is -2.32. The Kier molecular flexibility index (Phi) is 6.58. The summed E-state index contributed by atoms with van der Waals surface area (Å²) >= 11 is 0. The molecule has 1 aliphatic heterocycles. The van der Waals surface area contributed by atoms with Crippen molar-refractivity contribution in [1.29, 1.82) is 0 Å². The highest BCUT2D eigenvalue weighted by molar-refractivity contribution is 5.95. The lowest BCUT2D eigenvalue weighted by Crippen LogP contribution is -2.27. The Morgan fingerprint density at radius 1 is 1.06 bits per heavy atom. The molecule has 0 fully saturated rings. The minimum atomic E-state index is -4.62. The first-order valence-corrected chi connectivity index (χ1v) is 10.8. The number of carbonyl (C=O) groups excluding carboxylic acids is 1. The third-order valence-corrected chi connectivity index (χ3v) is 5.55. The number of hydrogen-bond donors (Lipinski definition) is 1. The molecule has 0 spiro atoms. The molecule has 2 aromatic carbocycles. The smallest absolute Gasteiger partial charge is 0.416 e. The molecule has 0 saturated heterocycles. The molecule has 0 aliphatic carbocycles. The molecule has 5 nitrogen and oxygen atoms in total. The lowest BCUT2D eigenvalue weighted by atomic mass is 9.79. The number of esters is 1. The summed E-state index contributed by atoms with van der Waals surface area (Å²) in [6.45, 7) is 3.53. The van der Waals surface area contributed by atoms with Crippen LogP contribution in [0.3, 0.4) is 0 Å². The van der Waals surface area contributed by atoms with E-state index in [2.05, 4.69) is 10.3 Å². The monoisotopic (exact) mass is 468 g/mol. The van der Waals surface area contributed by atoms with Crippen LogP contribution in [0.25, 0.3) is 0 Å². The fourth-order valence-corrected chi connectivity index (χ4v) is 4.11. The van der Waals surface area contributed by atoms with E-state index < -0.39 is 23.6 Å². The molecular formula is C26H23F3N2O3. The highest BCUT2D eigenvalue weighted by atomic mass is 19.4. The lowest BCUT2D eigenvalue weighted by molar-refractivity contribution is -0.140. The summed E-state index contributed by atoms with van der Waals surface area (Å²) in [4.78, 5) is 17.3. The number of nitrogens with one attached hydrogen (secondary N) is 1. The number of fused-ring (bicyclic) bond motifs is 1. The van der Waals surface area contributed by atoms with Crippen LogP contribution in [0.4, 0.5) is 18.9 Å². The number of rotatable bonds is 6. The Hall–Kier alpha value is -3.81. The summed E-state index contributed by atoms with van der Waals surface area (Å²) in [7, 11) is 0. The molecule has 3 aromatic rings. The van der Waals surface area contributed by atoms with Crippen LogP contribution in [0.15, 0.2) is 78.1 Å². The summed E-state index contributed by atoms with van der Waals surface area (Å²) in [5.74, 6) is -1.64. The molecule has 176 valence electrons. The average Bonchev–Trinajstić information content (AvgIpc) is 2.82. The van der Waals surface area contributed by atoms with E-state index in [1.807, 2.05) is 30.3 Å². The molecule has 34 heavy (non-hydrogen) atoms. The highest BCUT2D eigenvalue weighted by Gasteiger charge is 2.42. The van der Waals surface area contributed by atoms with Crippen LogP contribution in [0.5, 0.6) is 5.88 Å². The zero-order chi connectivity index (χ0) is 24.3. The number of ether oxygens (including phenoxy) is 2. The van der Waals surface area contributed by atoms with Crippen LogP contribution in [0, 0.1) is 0 Å². The van der Waals surface area contributed by atoms with Gasteiger partial charge >= 0.3 is 12.1 Å².